The fourth-order valence-electron chi connectivity index (χ4n) is 3.49. The van der Waals surface area contributed by atoms with Crippen LogP contribution in [0.15, 0.2) is 23.2 Å². The van der Waals surface area contributed by atoms with Crippen LogP contribution in [0.25, 0.3) is 0 Å². The molecule has 0 amide bonds. The van der Waals surface area contributed by atoms with Gasteiger partial charge in [-0.15, -0.1) is 24.0 Å². The first-order valence-electron chi connectivity index (χ1n) is 9.26. The van der Waals surface area contributed by atoms with Crippen LogP contribution in [0.4, 0.5) is 0 Å². The number of nitrogens with zero attached hydrogens (tertiary/aromatic N) is 2. The molecule has 1 aliphatic heterocycles. The summed E-state index contributed by atoms with van der Waals surface area (Å²) >= 11 is 0. The normalized spacial score (nSPS) is 16.6. The molecule has 0 saturated carbocycles. The molecule has 0 spiro atoms. The monoisotopic (exact) mass is 458 g/mol. The van der Waals surface area contributed by atoms with Gasteiger partial charge in [0.25, 0.3) is 0 Å². The number of benzene rings is 1. The summed E-state index contributed by atoms with van der Waals surface area (Å²) in [5, 5.41) is 7.05. The number of hydrogen-bond donors (Lipinski definition) is 2. The van der Waals surface area contributed by atoms with Crippen LogP contribution >= 0.6 is 24.0 Å². The maximum Gasteiger partial charge on any atom is 0.191 e. The van der Waals surface area contributed by atoms with Gasteiger partial charge in [-0.05, 0) is 52.5 Å². The van der Waals surface area contributed by atoms with E-state index < -0.39 is 0 Å². The van der Waals surface area contributed by atoms with Crippen LogP contribution in [0.3, 0.4) is 0 Å². The van der Waals surface area contributed by atoms with Gasteiger partial charge in [0.2, 0.25) is 0 Å². The van der Waals surface area contributed by atoms with E-state index in [0.29, 0.717) is 12.1 Å². The Hall–Kier alpha value is -0.820. The molecule has 1 saturated heterocycles. The minimum Gasteiger partial charge on any atom is -0.356 e. The van der Waals surface area contributed by atoms with Crippen LogP contribution < -0.4 is 10.6 Å². The number of likely N-dealkylation sites (tertiary alicyclic amines) is 1. The number of nitrogens with one attached hydrogen (secondary N) is 2. The molecule has 0 bridgehead atoms. The summed E-state index contributed by atoms with van der Waals surface area (Å²) in [5.74, 6) is 0.933. The third-order valence-corrected chi connectivity index (χ3v) is 4.81. The molecule has 0 atom stereocenters. The van der Waals surface area contributed by atoms with Crippen LogP contribution in [0.5, 0.6) is 0 Å². The van der Waals surface area contributed by atoms with Gasteiger partial charge in [-0.25, -0.2) is 0 Å². The van der Waals surface area contributed by atoms with Gasteiger partial charge >= 0.3 is 0 Å². The van der Waals surface area contributed by atoms with Gasteiger partial charge in [-0.3, -0.25) is 4.99 Å². The second-order valence-corrected chi connectivity index (χ2v) is 7.29. The van der Waals surface area contributed by atoms with E-state index in [-0.39, 0.29) is 24.0 Å². The molecule has 0 aromatic heterocycles. The number of hydrogen-bond acceptors (Lipinski definition) is 2. The number of aliphatic imine (C=N–C) groups is 1. The Morgan fingerprint density at radius 1 is 1.16 bits per heavy atom. The lowest BCUT2D eigenvalue weighted by Gasteiger charge is -2.35. The van der Waals surface area contributed by atoms with E-state index in [1.54, 1.807) is 0 Å². The number of rotatable bonds is 5. The van der Waals surface area contributed by atoms with Crippen molar-refractivity contribution < 1.29 is 0 Å². The average molecular weight is 458 g/mol. The van der Waals surface area contributed by atoms with Gasteiger partial charge in [0.1, 0.15) is 0 Å². The topological polar surface area (TPSA) is 39.7 Å². The van der Waals surface area contributed by atoms with Gasteiger partial charge in [0.05, 0.1) is 0 Å². The van der Waals surface area contributed by atoms with Gasteiger partial charge in [0.15, 0.2) is 5.96 Å². The van der Waals surface area contributed by atoms with Crippen molar-refractivity contribution in [2.75, 3.05) is 26.7 Å². The zero-order valence-electron chi connectivity index (χ0n) is 16.4. The van der Waals surface area contributed by atoms with E-state index in [9.17, 15) is 0 Å². The molecule has 5 heteroatoms. The standard InChI is InChI=1S/C20H34N4.HI/c1-15(2)24-10-7-19(8-11-24)23-20(21-5)22-9-6-18-13-16(3)12-17(4)14-18;/h12-15,19H,6-11H2,1-5H3,(H2,21,22,23);1H. The maximum absolute atomic E-state index is 4.38. The molecular weight excluding hydrogens is 423 g/mol. The van der Waals surface area contributed by atoms with Crippen LogP contribution in [-0.4, -0.2) is 49.6 Å². The van der Waals surface area contributed by atoms with Crippen molar-refractivity contribution in [3.8, 4) is 0 Å². The molecule has 142 valence electrons. The zero-order valence-corrected chi connectivity index (χ0v) is 18.8. The summed E-state index contributed by atoms with van der Waals surface area (Å²) in [6, 6.07) is 7.95. The molecule has 25 heavy (non-hydrogen) atoms. The van der Waals surface area contributed by atoms with Crippen molar-refractivity contribution in [2.24, 2.45) is 4.99 Å². The molecule has 0 aliphatic carbocycles. The van der Waals surface area contributed by atoms with E-state index in [4.69, 9.17) is 0 Å². The Morgan fingerprint density at radius 3 is 2.28 bits per heavy atom. The zero-order chi connectivity index (χ0) is 17.5. The van der Waals surface area contributed by atoms with Gasteiger partial charge < -0.3 is 15.5 Å². The number of guanidine groups is 1. The van der Waals surface area contributed by atoms with E-state index in [0.717, 1.165) is 18.9 Å². The van der Waals surface area contributed by atoms with Gasteiger partial charge in [0, 0.05) is 38.8 Å². The molecule has 1 aliphatic rings. The first-order chi connectivity index (χ1) is 11.5. The largest absolute Gasteiger partial charge is 0.356 e. The lowest BCUT2D eigenvalue weighted by Crippen LogP contribution is -2.50. The lowest BCUT2D eigenvalue weighted by molar-refractivity contribution is 0.167. The second-order valence-electron chi connectivity index (χ2n) is 7.29. The third kappa shape index (κ3) is 7.52. The van der Waals surface area contributed by atoms with Crippen molar-refractivity contribution in [2.45, 2.75) is 59.0 Å². The van der Waals surface area contributed by atoms with Crippen LogP contribution in [0.1, 0.15) is 43.4 Å². The highest BCUT2D eigenvalue weighted by Gasteiger charge is 2.21. The van der Waals surface area contributed by atoms with Crippen molar-refractivity contribution in [3.63, 3.8) is 0 Å². The molecular formula is C20H35IN4. The lowest BCUT2D eigenvalue weighted by atomic mass is 10.0. The highest BCUT2D eigenvalue weighted by molar-refractivity contribution is 14.0. The molecule has 0 radical (unpaired) electrons. The van der Waals surface area contributed by atoms with Crippen molar-refractivity contribution in [1.82, 2.24) is 15.5 Å². The van der Waals surface area contributed by atoms with Crippen molar-refractivity contribution in [3.05, 3.63) is 34.9 Å². The Morgan fingerprint density at radius 2 is 1.76 bits per heavy atom. The van der Waals surface area contributed by atoms with Crippen LogP contribution in [0, 0.1) is 13.8 Å². The Labute approximate surface area is 170 Å². The summed E-state index contributed by atoms with van der Waals surface area (Å²) in [5.41, 5.74) is 4.06. The summed E-state index contributed by atoms with van der Waals surface area (Å²) in [6.07, 6.45) is 3.40. The molecule has 1 fully saturated rings. The van der Waals surface area contributed by atoms with Crippen molar-refractivity contribution >= 4 is 29.9 Å². The molecule has 2 N–H and O–H groups in total. The summed E-state index contributed by atoms with van der Waals surface area (Å²) in [4.78, 5) is 6.93. The van der Waals surface area contributed by atoms with E-state index in [1.165, 1.54) is 42.6 Å². The third-order valence-electron chi connectivity index (χ3n) is 4.81. The first kappa shape index (κ1) is 22.2. The Kier molecular flexibility index (Phi) is 9.79. The van der Waals surface area contributed by atoms with Crippen LogP contribution in [-0.2, 0) is 6.42 Å². The molecule has 1 heterocycles. The summed E-state index contributed by atoms with van der Waals surface area (Å²) in [6.45, 7) is 12.1. The van der Waals surface area contributed by atoms with Gasteiger partial charge in [-0.1, -0.05) is 29.3 Å². The molecule has 4 nitrogen and oxygen atoms in total. The Bertz CT molecular complexity index is 528. The maximum atomic E-state index is 4.38. The number of piperidine rings is 1. The summed E-state index contributed by atoms with van der Waals surface area (Å²) < 4.78 is 0. The SMILES string of the molecule is CN=C(NCCc1cc(C)cc(C)c1)NC1CCN(C(C)C)CC1.I. The fourth-order valence-corrected chi connectivity index (χ4v) is 3.49. The predicted molar refractivity (Wildman–Crippen MR) is 119 cm³/mol. The van der Waals surface area contributed by atoms with E-state index in [1.807, 2.05) is 7.05 Å². The molecule has 1 aromatic rings. The first-order valence-corrected chi connectivity index (χ1v) is 9.26. The number of aryl methyl sites for hydroxylation is 2. The predicted octanol–water partition coefficient (Wildman–Crippen LogP) is 3.50. The molecule has 2 rings (SSSR count). The Balaban J connectivity index is 0.00000312. The smallest absolute Gasteiger partial charge is 0.191 e. The fraction of sp³-hybridized carbons (Fsp3) is 0.650. The van der Waals surface area contributed by atoms with Gasteiger partial charge in [-0.2, -0.15) is 0 Å². The van der Waals surface area contributed by atoms with E-state index in [2.05, 4.69) is 66.4 Å². The van der Waals surface area contributed by atoms with E-state index >= 15 is 0 Å². The summed E-state index contributed by atoms with van der Waals surface area (Å²) in [7, 11) is 1.86. The van der Waals surface area contributed by atoms with Crippen molar-refractivity contribution in [1.29, 1.82) is 0 Å². The average Bonchev–Trinajstić information content (AvgIpc) is 2.53. The molecule has 0 unspecified atom stereocenters. The highest BCUT2D eigenvalue weighted by Crippen LogP contribution is 2.13. The number of halogens is 1. The van der Waals surface area contributed by atoms with Crippen LogP contribution in [0.2, 0.25) is 0 Å². The quantitative estimate of drug-likeness (QED) is 0.403. The molecule has 1 aromatic carbocycles. The highest BCUT2D eigenvalue weighted by atomic mass is 127. The second kappa shape index (κ2) is 11.0. The minimum atomic E-state index is 0. The minimum absolute atomic E-state index is 0.